The maximum absolute atomic E-state index is 3.62. The molecule has 0 heterocycles. The molecule has 0 fully saturated rings. The molecular formula is C21H38N2. The van der Waals surface area contributed by atoms with Crippen LogP contribution >= 0.6 is 0 Å². The summed E-state index contributed by atoms with van der Waals surface area (Å²) in [4.78, 5) is 2.46. The average Bonchev–Trinajstić information content (AvgIpc) is 2.45. The molecule has 1 aromatic carbocycles. The molecule has 2 heteroatoms. The molecule has 0 amide bonds. The fraction of sp³-hybridized carbons (Fsp3) is 0.714. The third kappa shape index (κ3) is 6.64. The molecule has 0 aromatic heterocycles. The Morgan fingerprint density at radius 2 is 1.30 bits per heavy atom. The summed E-state index contributed by atoms with van der Waals surface area (Å²) >= 11 is 0. The highest BCUT2D eigenvalue weighted by atomic mass is 15.1. The summed E-state index contributed by atoms with van der Waals surface area (Å²) in [5, 5.41) is 3.62. The summed E-state index contributed by atoms with van der Waals surface area (Å²) in [6.07, 6.45) is 0. The monoisotopic (exact) mass is 318 g/mol. The molecule has 0 aliphatic rings. The van der Waals surface area contributed by atoms with Crippen LogP contribution in [0.5, 0.6) is 0 Å². The van der Waals surface area contributed by atoms with E-state index in [2.05, 4.69) is 83.8 Å². The molecule has 0 aliphatic carbocycles. The van der Waals surface area contributed by atoms with Crippen LogP contribution in [0.3, 0.4) is 0 Å². The van der Waals surface area contributed by atoms with Gasteiger partial charge in [0, 0.05) is 19.6 Å². The first-order chi connectivity index (χ1) is 10.6. The topological polar surface area (TPSA) is 15.3 Å². The molecule has 132 valence electrons. The van der Waals surface area contributed by atoms with E-state index in [0.29, 0.717) is 0 Å². The largest absolute Gasteiger partial charge is 0.311 e. The third-order valence-electron chi connectivity index (χ3n) is 4.55. The van der Waals surface area contributed by atoms with Crippen molar-refractivity contribution in [1.82, 2.24) is 10.2 Å². The second-order valence-electron chi connectivity index (χ2n) is 8.62. The van der Waals surface area contributed by atoms with Crippen molar-refractivity contribution in [2.24, 2.45) is 0 Å². The maximum Gasteiger partial charge on any atom is 0.0206 e. The van der Waals surface area contributed by atoms with Crippen LogP contribution < -0.4 is 5.32 Å². The smallest absolute Gasteiger partial charge is 0.0206 e. The van der Waals surface area contributed by atoms with Gasteiger partial charge >= 0.3 is 0 Å². The van der Waals surface area contributed by atoms with Gasteiger partial charge in [0.05, 0.1) is 0 Å². The lowest BCUT2D eigenvalue weighted by Gasteiger charge is -2.26. The molecule has 0 spiro atoms. The van der Waals surface area contributed by atoms with Gasteiger partial charge in [0.1, 0.15) is 0 Å². The minimum Gasteiger partial charge on any atom is -0.311 e. The van der Waals surface area contributed by atoms with Gasteiger partial charge in [-0.05, 0) is 40.6 Å². The molecule has 0 bridgehead atoms. The van der Waals surface area contributed by atoms with Crippen molar-refractivity contribution >= 4 is 0 Å². The first-order valence-electron chi connectivity index (χ1n) is 9.16. The maximum atomic E-state index is 3.62. The van der Waals surface area contributed by atoms with Crippen molar-refractivity contribution in [3.05, 3.63) is 34.9 Å². The van der Waals surface area contributed by atoms with Crippen molar-refractivity contribution in [1.29, 1.82) is 0 Å². The van der Waals surface area contributed by atoms with E-state index in [1.165, 1.54) is 16.7 Å². The van der Waals surface area contributed by atoms with Crippen molar-refractivity contribution < 1.29 is 0 Å². The standard InChI is InChI=1S/C21H38N2/c1-9-23(10-2)12-11-22-16-17-13-18(20(3,4)5)15-19(14-17)21(6,7)8/h13-15,22H,9-12,16H2,1-8H3. The van der Waals surface area contributed by atoms with Crippen LogP contribution in [0.15, 0.2) is 18.2 Å². The molecule has 0 saturated carbocycles. The van der Waals surface area contributed by atoms with Crippen LogP contribution in [0, 0.1) is 0 Å². The second-order valence-corrected chi connectivity index (χ2v) is 8.62. The highest BCUT2D eigenvalue weighted by Crippen LogP contribution is 2.30. The van der Waals surface area contributed by atoms with Gasteiger partial charge in [-0.25, -0.2) is 0 Å². The minimum atomic E-state index is 0.192. The zero-order valence-electron chi connectivity index (χ0n) is 16.7. The zero-order chi connectivity index (χ0) is 17.7. The minimum absolute atomic E-state index is 0.192. The number of nitrogens with zero attached hydrogens (tertiary/aromatic N) is 1. The van der Waals surface area contributed by atoms with E-state index >= 15 is 0 Å². The number of benzene rings is 1. The Bertz CT molecular complexity index is 441. The van der Waals surface area contributed by atoms with Crippen LogP contribution in [-0.4, -0.2) is 31.1 Å². The van der Waals surface area contributed by atoms with Gasteiger partial charge in [0.25, 0.3) is 0 Å². The molecule has 0 radical (unpaired) electrons. The highest BCUT2D eigenvalue weighted by Gasteiger charge is 2.20. The van der Waals surface area contributed by atoms with E-state index in [9.17, 15) is 0 Å². The molecule has 1 rings (SSSR count). The number of rotatable bonds is 7. The van der Waals surface area contributed by atoms with Crippen LogP contribution in [0.4, 0.5) is 0 Å². The molecule has 1 aromatic rings. The highest BCUT2D eigenvalue weighted by molar-refractivity contribution is 5.37. The summed E-state index contributed by atoms with van der Waals surface area (Å²) in [5.41, 5.74) is 4.66. The number of nitrogens with one attached hydrogen (secondary N) is 1. The zero-order valence-corrected chi connectivity index (χ0v) is 16.7. The van der Waals surface area contributed by atoms with Crippen molar-refractivity contribution in [3.63, 3.8) is 0 Å². The fourth-order valence-electron chi connectivity index (χ4n) is 2.67. The summed E-state index contributed by atoms with van der Waals surface area (Å²) in [6.45, 7) is 23.6. The molecule has 23 heavy (non-hydrogen) atoms. The normalized spacial score (nSPS) is 12.9. The first kappa shape index (κ1) is 20.2. The van der Waals surface area contributed by atoms with Gasteiger partial charge < -0.3 is 10.2 Å². The number of hydrogen-bond acceptors (Lipinski definition) is 2. The van der Waals surface area contributed by atoms with Gasteiger partial charge in [0.2, 0.25) is 0 Å². The molecule has 1 N–H and O–H groups in total. The summed E-state index contributed by atoms with van der Waals surface area (Å²) < 4.78 is 0. The van der Waals surface area contributed by atoms with Gasteiger partial charge in [-0.2, -0.15) is 0 Å². The SMILES string of the molecule is CCN(CC)CCNCc1cc(C(C)(C)C)cc(C(C)(C)C)c1. The van der Waals surface area contributed by atoms with E-state index in [0.717, 1.165) is 32.7 Å². The molecule has 2 nitrogen and oxygen atoms in total. The van der Waals surface area contributed by atoms with Crippen molar-refractivity contribution in [3.8, 4) is 0 Å². The summed E-state index contributed by atoms with van der Waals surface area (Å²) in [6, 6.07) is 7.14. The van der Waals surface area contributed by atoms with E-state index in [1.807, 2.05) is 0 Å². The van der Waals surface area contributed by atoms with Gasteiger partial charge in [-0.15, -0.1) is 0 Å². The Balaban J connectivity index is 2.81. The Hall–Kier alpha value is -0.860. The van der Waals surface area contributed by atoms with E-state index in [1.54, 1.807) is 0 Å². The fourth-order valence-corrected chi connectivity index (χ4v) is 2.67. The Labute approximate surface area is 144 Å². The summed E-state index contributed by atoms with van der Waals surface area (Å²) in [7, 11) is 0. The Morgan fingerprint density at radius 3 is 1.70 bits per heavy atom. The van der Waals surface area contributed by atoms with Gasteiger partial charge in [-0.3, -0.25) is 0 Å². The lowest BCUT2D eigenvalue weighted by Crippen LogP contribution is -2.31. The molecule has 0 aliphatic heterocycles. The summed E-state index contributed by atoms with van der Waals surface area (Å²) in [5.74, 6) is 0. The molecule has 0 saturated heterocycles. The van der Waals surface area contributed by atoms with E-state index < -0.39 is 0 Å². The molecule has 0 unspecified atom stereocenters. The van der Waals surface area contributed by atoms with Gasteiger partial charge in [-0.1, -0.05) is 73.6 Å². The van der Waals surface area contributed by atoms with Crippen LogP contribution in [0.1, 0.15) is 72.1 Å². The lowest BCUT2D eigenvalue weighted by atomic mass is 9.79. The predicted molar refractivity (Wildman–Crippen MR) is 103 cm³/mol. The predicted octanol–water partition coefficient (Wildman–Crippen LogP) is 4.71. The number of hydrogen-bond donors (Lipinski definition) is 1. The van der Waals surface area contributed by atoms with Crippen LogP contribution in [0.2, 0.25) is 0 Å². The molecular weight excluding hydrogens is 280 g/mol. The van der Waals surface area contributed by atoms with Crippen LogP contribution in [0.25, 0.3) is 0 Å². The van der Waals surface area contributed by atoms with Crippen molar-refractivity contribution in [2.75, 3.05) is 26.2 Å². The quantitative estimate of drug-likeness (QED) is 0.732. The second kappa shape index (κ2) is 8.30. The lowest BCUT2D eigenvalue weighted by molar-refractivity contribution is 0.302. The first-order valence-corrected chi connectivity index (χ1v) is 9.16. The average molecular weight is 319 g/mol. The Kier molecular flexibility index (Phi) is 7.29. The number of likely N-dealkylation sites (N-methyl/N-ethyl adjacent to an activating group) is 1. The Morgan fingerprint density at radius 1 is 0.826 bits per heavy atom. The van der Waals surface area contributed by atoms with Crippen molar-refractivity contribution in [2.45, 2.75) is 72.8 Å². The third-order valence-corrected chi connectivity index (χ3v) is 4.55. The van der Waals surface area contributed by atoms with Gasteiger partial charge in [0.15, 0.2) is 0 Å². The van der Waals surface area contributed by atoms with E-state index in [4.69, 9.17) is 0 Å². The van der Waals surface area contributed by atoms with E-state index in [-0.39, 0.29) is 10.8 Å². The molecule has 0 atom stereocenters. The van der Waals surface area contributed by atoms with Crippen LogP contribution in [-0.2, 0) is 17.4 Å².